The van der Waals surface area contributed by atoms with Crippen molar-refractivity contribution in [3.05, 3.63) is 56.6 Å². The van der Waals surface area contributed by atoms with Gasteiger partial charge in [0.2, 0.25) is 5.91 Å². The van der Waals surface area contributed by atoms with Gasteiger partial charge in [0.15, 0.2) is 11.5 Å². The fourth-order valence-corrected chi connectivity index (χ4v) is 3.58. The van der Waals surface area contributed by atoms with Gasteiger partial charge in [-0.1, -0.05) is 11.6 Å². The summed E-state index contributed by atoms with van der Waals surface area (Å²) < 4.78 is 10.7. The van der Waals surface area contributed by atoms with Crippen molar-refractivity contribution in [3.8, 4) is 11.5 Å². The molecule has 2 aromatic rings. The minimum Gasteiger partial charge on any atom is -0.493 e. The van der Waals surface area contributed by atoms with Gasteiger partial charge in [-0.25, -0.2) is 0 Å². The van der Waals surface area contributed by atoms with Crippen LogP contribution in [-0.2, 0) is 17.8 Å². The molecule has 1 unspecified atom stereocenters. The maximum Gasteiger partial charge on any atom is 0.271 e. The first-order valence-electron chi connectivity index (χ1n) is 9.06. The van der Waals surface area contributed by atoms with Crippen LogP contribution in [0.15, 0.2) is 30.3 Å². The number of nitro benzene ring substituents is 1. The molecule has 1 heterocycles. The Balaban J connectivity index is 1.72. The number of anilines is 1. The van der Waals surface area contributed by atoms with Gasteiger partial charge >= 0.3 is 0 Å². The normalized spacial score (nSPS) is 14.6. The van der Waals surface area contributed by atoms with E-state index >= 15 is 0 Å². The third-order valence-electron chi connectivity index (χ3n) is 5.10. The monoisotopic (exact) mass is 419 g/mol. The Morgan fingerprint density at radius 3 is 2.45 bits per heavy atom. The summed E-state index contributed by atoms with van der Waals surface area (Å²) in [6.45, 7) is 3.13. The molecule has 0 aromatic heterocycles. The van der Waals surface area contributed by atoms with Crippen molar-refractivity contribution >= 4 is 28.9 Å². The van der Waals surface area contributed by atoms with Crippen LogP contribution in [0.4, 0.5) is 11.4 Å². The van der Waals surface area contributed by atoms with E-state index in [0.717, 1.165) is 12.0 Å². The summed E-state index contributed by atoms with van der Waals surface area (Å²) in [4.78, 5) is 25.1. The van der Waals surface area contributed by atoms with Crippen LogP contribution in [0.1, 0.15) is 18.1 Å². The largest absolute Gasteiger partial charge is 0.493 e. The Bertz CT molecular complexity index is 950. The second-order valence-electron chi connectivity index (χ2n) is 6.78. The fourth-order valence-electron chi connectivity index (χ4n) is 3.36. The fraction of sp³-hybridized carbons (Fsp3) is 0.350. The van der Waals surface area contributed by atoms with Crippen LogP contribution in [-0.4, -0.2) is 42.5 Å². The van der Waals surface area contributed by atoms with Gasteiger partial charge in [-0.2, -0.15) is 0 Å². The molecule has 1 N–H and O–H groups in total. The van der Waals surface area contributed by atoms with Gasteiger partial charge in [0.05, 0.1) is 35.9 Å². The van der Waals surface area contributed by atoms with Crippen molar-refractivity contribution in [1.29, 1.82) is 0 Å². The Kier molecular flexibility index (Phi) is 6.24. The van der Waals surface area contributed by atoms with Gasteiger partial charge in [0, 0.05) is 25.2 Å². The molecular weight excluding hydrogens is 398 g/mol. The molecule has 1 aliphatic heterocycles. The lowest BCUT2D eigenvalue weighted by atomic mass is 9.97. The van der Waals surface area contributed by atoms with Crippen molar-refractivity contribution in [2.24, 2.45) is 0 Å². The number of methoxy groups -OCH3 is 2. The van der Waals surface area contributed by atoms with E-state index in [4.69, 9.17) is 21.1 Å². The van der Waals surface area contributed by atoms with Crippen LogP contribution in [0.5, 0.6) is 11.5 Å². The summed E-state index contributed by atoms with van der Waals surface area (Å²) in [5.74, 6) is 1.12. The number of nitrogens with zero attached hydrogens (tertiary/aromatic N) is 2. The molecule has 0 aliphatic carbocycles. The first-order chi connectivity index (χ1) is 13.8. The molecule has 1 aliphatic rings. The predicted molar refractivity (Wildman–Crippen MR) is 110 cm³/mol. The molecule has 29 heavy (non-hydrogen) atoms. The third-order valence-corrected chi connectivity index (χ3v) is 5.41. The summed E-state index contributed by atoms with van der Waals surface area (Å²) in [5, 5.41) is 13.7. The highest BCUT2D eigenvalue weighted by atomic mass is 35.5. The molecule has 0 saturated carbocycles. The van der Waals surface area contributed by atoms with Crippen LogP contribution in [0, 0.1) is 10.1 Å². The predicted octanol–water partition coefficient (Wildman–Crippen LogP) is 3.65. The molecule has 0 saturated heterocycles. The quantitative estimate of drug-likeness (QED) is 0.567. The van der Waals surface area contributed by atoms with E-state index in [-0.39, 0.29) is 16.6 Å². The molecule has 3 rings (SSSR count). The average Bonchev–Trinajstić information content (AvgIpc) is 2.72. The number of halogens is 1. The number of benzene rings is 2. The van der Waals surface area contributed by atoms with Crippen LogP contribution < -0.4 is 14.8 Å². The molecule has 1 amide bonds. The SMILES string of the molecule is COc1cc2c(cc1OC)CN(C(C)C(=O)Nc1ccc([N+](=O)[O-])cc1Cl)CC2. The van der Waals surface area contributed by atoms with E-state index in [1.54, 1.807) is 14.2 Å². The molecule has 154 valence electrons. The number of amides is 1. The summed E-state index contributed by atoms with van der Waals surface area (Å²) in [6.07, 6.45) is 0.783. The maximum atomic E-state index is 12.7. The van der Waals surface area contributed by atoms with E-state index in [9.17, 15) is 14.9 Å². The summed E-state index contributed by atoms with van der Waals surface area (Å²) in [5.41, 5.74) is 2.47. The molecule has 2 aromatic carbocycles. The van der Waals surface area contributed by atoms with Crippen LogP contribution in [0.25, 0.3) is 0 Å². The lowest BCUT2D eigenvalue weighted by molar-refractivity contribution is -0.384. The number of non-ortho nitro benzene ring substituents is 1. The Morgan fingerprint density at radius 1 is 1.21 bits per heavy atom. The zero-order valence-corrected chi connectivity index (χ0v) is 17.2. The number of carbonyl (C=O) groups is 1. The second kappa shape index (κ2) is 8.67. The molecule has 0 spiro atoms. The number of ether oxygens (including phenoxy) is 2. The van der Waals surface area contributed by atoms with E-state index in [0.29, 0.717) is 30.3 Å². The zero-order chi connectivity index (χ0) is 21.1. The van der Waals surface area contributed by atoms with Gasteiger partial charge in [0.1, 0.15) is 0 Å². The molecule has 9 heteroatoms. The Hall–Kier alpha value is -2.84. The number of hydrogen-bond donors (Lipinski definition) is 1. The Labute approximate surface area is 173 Å². The number of carbonyl (C=O) groups excluding carboxylic acids is 1. The van der Waals surface area contributed by atoms with Crippen molar-refractivity contribution in [2.45, 2.75) is 25.9 Å². The number of nitro groups is 1. The standard InChI is InChI=1S/C20H22ClN3O5/c1-12(20(25)22-17-5-4-15(24(26)27)10-16(17)21)23-7-6-13-8-18(28-2)19(29-3)9-14(13)11-23/h4-5,8-10,12H,6-7,11H2,1-3H3,(H,22,25). The van der Waals surface area contributed by atoms with Crippen molar-refractivity contribution in [3.63, 3.8) is 0 Å². The molecule has 0 radical (unpaired) electrons. The molecule has 0 fully saturated rings. The number of fused-ring (bicyclic) bond motifs is 1. The second-order valence-corrected chi connectivity index (χ2v) is 7.19. The minimum atomic E-state index is -0.533. The highest BCUT2D eigenvalue weighted by Gasteiger charge is 2.27. The third kappa shape index (κ3) is 4.44. The summed E-state index contributed by atoms with van der Waals surface area (Å²) >= 11 is 6.08. The molecule has 1 atom stereocenters. The van der Waals surface area contributed by atoms with Crippen molar-refractivity contribution in [1.82, 2.24) is 4.90 Å². The average molecular weight is 420 g/mol. The number of nitrogens with one attached hydrogen (secondary N) is 1. The van der Waals surface area contributed by atoms with E-state index in [1.807, 2.05) is 19.1 Å². The van der Waals surface area contributed by atoms with Crippen LogP contribution >= 0.6 is 11.6 Å². The number of rotatable bonds is 6. The zero-order valence-electron chi connectivity index (χ0n) is 16.4. The van der Waals surface area contributed by atoms with Gasteiger partial charge in [-0.3, -0.25) is 19.8 Å². The summed E-state index contributed by atoms with van der Waals surface area (Å²) in [7, 11) is 3.20. The van der Waals surface area contributed by atoms with Crippen LogP contribution in [0.2, 0.25) is 5.02 Å². The lowest BCUT2D eigenvalue weighted by Crippen LogP contribution is -2.44. The van der Waals surface area contributed by atoms with Gasteiger partial charge in [-0.05, 0) is 42.7 Å². The molecule has 8 nitrogen and oxygen atoms in total. The first-order valence-corrected chi connectivity index (χ1v) is 9.44. The van der Waals surface area contributed by atoms with E-state index in [2.05, 4.69) is 10.2 Å². The van der Waals surface area contributed by atoms with Gasteiger partial charge < -0.3 is 14.8 Å². The Morgan fingerprint density at radius 2 is 1.86 bits per heavy atom. The highest BCUT2D eigenvalue weighted by Crippen LogP contribution is 2.34. The van der Waals surface area contributed by atoms with Gasteiger partial charge in [0.25, 0.3) is 5.69 Å². The first kappa shape index (κ1) is 20.9. The number of hydrogen-bond acceptors (Lipinski definition) is 6. The lowest BCUT2D eigenvalue weighted by Gasteiger charge is -2.33. The molecule has 0 bridgehead atoms. The van der Waals surface area contributed by atoms with E-state index in [1.165, 1.54) is 23.8 Å². The summed E-state index contributed by atoms with van der Waals surface area (Å²) in [6, 6.07) is 7.47. The van der Waals surface area contributed by atoms with Crippen molar-refractivity contribution in [2.75, 3.05) is 26.1 Å². The van der Waals surface area contributed by atoms with Gasteiger partial charge in [-0.15, -0.1) is 0 Å². The maximum absolute atomic E-state index is 12.7. The smallest absolute Gasteiger partial charge is 0.271 e. The topological polar surface area (TPSA) is 93.9 Å². The van der Waals surface area contributed by atoms with E-state index < -0.39 is 11.0 Å². The molecular formula is C20H22ClN3O5. The van der Waals surface area contributed by atoms with Crippen molar-refractivity contribution < 1.29 is 19.2 Å². The highest BCUT2D eigenvalue weighted by molar-refractivity contribution is 6.34. The minimum absolute atomic E-state index is 0.126. The van der Waals surface area contributed by atoms with Crippen LogP contribution in [0.3, 0.4) is 0 Å².